The molecule has 2 rings (SSSR count). The van der Waals surface area contributed by atoms with Crippen molar-refractivity contribution in [3.63, 3.8) is 0 Å². The second-order valence-corrected chi connectivity index (χ2v) is 5.59. The molecule has 7 heteroatoms. The molecule has 1 aliphatic carbocycles. The van der Waals surface area contributed by atoms with Gasteiger partial charge < -0.3 is 20.1 Å². The molecule has 1 aromatic heterocycles. The van der Waals surface area contributed by atoms with Gasteiger partial charge in [-0.1, -0.05) is 18.0 Å². The van der Waals surface area contributed by atoms with Crippen LogP contribution < -0.4 is 10.6 Å². The van der Waals surface area contributed by atoms with Crippen LogP contribution in [-0.2, 0) is 6.42 Å². The maximum absolute atomic E-state index is 11.6. The molecule has 0 unspecified atom stereocenters. The lowest BCUT2D eigenvalue weighted by molar-refractivity contribution is 0.228. The molecular formula is C14H25N5O2. The summed E-state index contributed by atoms with van der Waals surface area (Å²) in [6.07, 6.45) is 5.78. The Bertz CT molecular complexity index is 442. The highest BCUT2D eigenvalue weighted by molar-refractivity contribution is 5.73. The first-order valence-electron chi connectivity index (χ1n) is 7.66. The Morgan fingerprint density at radius 3 is 2.71 bits per heavy atom. The molecule has 0 spiro atoms. The smallest absolute Gasteiger partial charge is 0.314 e. The summed E-state index contributed by atoms with van der Waals surface area (Å²) in [6, 6.07) is 0.543. The number of likely N-dealkylation sites (N-methyl/N-ethyl adjacent to an activating group) is 1. The summed E-state index contributed by atoms with van der Waals surface area (Å²) in [6.45, 7) is 3.82. The number of carbonyl (C=O) groups is 1. The summed E-state index contributed by atoms with van der Waals surface area (Å²) in [4.78, 5) is 18.1. The minimum atomic E-state index is -0.147. The molecule has 0 atom stereocenters. The van der Waals surface area contributed by atoms with Crippen molar-refractivity contribution >= 4 is 6.03 Å². The van der Waals surface area contributed by atoms with Gasteiger partial charge in [0.05, 0.1) is 0 Å². The molecule has 0 aliphatic heterocycles. The van der Waals surface area contributed by atoms with Gasteiger partial charge in [0.25, 0.3) is 0 Å². The maximum atomic E-state index is 11.6. The second-order valence-electron chi connectivity index (χ2n) is 5.59. The molecule has 2 N–H and O–H groups in total. The highest BCUT2D eigenvalue weighted by Crippen LogP contribution is 2.21. The van der Waals surface area contributed by atoms with E-state index in [1.165, 1.54) is 25.7 Å². The molecule has 1 fully saturated rings. The molecule has 0 radical (unpaired) electrons. The molecule has 7 nitrogen and oxygen atoms in total. The summed E-state index contributed by atoms with van der Waals surface area (Å²) in [7, 11) is 2.13. The SMILES string of the molecule is Cc1noc(CCNC(=O)NCCN(C)C2CCCC2)n1. The molecule has 0 saturated heterocycles. The zero-order valence-corrected chi connectivity index (χ0v) is 12.9. The number of urea groups is 1. The van der Waals surface area contributed by atoms with E-state index < -0.39 is 0 Å². The molecule has 21 heavy (non-hydrogen) atoms. The quantitative estimate of drug-likeness (QED) is 0.787. The number of rotatable bonds is 7. The molecule has 1 heterocycles. The van der Waals surface area contributed by atoms with Crippen molar-refractivity contribution in [3.05, 3.63) is 11.7 Å². The number of hydrogen-bond acceptors (Lipinski definition) is 5. The van der Waals surface area contributed by atoms with Crippen LogP contribution in [0.25, 0.3) is 0 Å². The van der Waals surface area contributed by atoms with Gasteiger partial charge in [0.1, 0.15) is 0 Å². The van der Waals surface area contributed by atoms with Crippen molar-refractivity contribution < 1.29 is 9.32 Å². The monoisotopic (exact) mass is 295 g/mol. The highest BCUT2D eigenvalue weighted by Gasteiger charge is 2.18. The number of hydrogen-bond donors (Lipinski definition) is 2. The van der Waals surface area contributed by atoms with E-state index in [1.54, 1.807) is 6.92 Å². The second kappa shape index (κ2) is 7.97. The molecular weight excluding hydrogens is 270 g/mol. The fourth-order valence-corrected chi connectivity index (χ4v) is 2.66. The van der Waals surface area contributed by atoms with Gasteiger partial charge in [0.15, 0.2) is 5.82 Å². The van der Waals surface area contributed by atoms with Gasteiger partial charge in [-0.15, -0.1) is 0 Å². The van der Waals surface area contributed by atoms with Crippen LogP contribution in [0.1, 0.15) is 37.4 Å². The lowest BCUT2D eigenvalue weighted by Crippen LogP contribution is -2.42. The first-order valence-corrected chi connectivity index (χ1v) is 7.66. The summed E-state index contributed by atoms with van der Waals surface area (Å²) in [5.74, 6) is 1.16. The summed E-state index contributed by atoms with van der Waals surface area (Å²) in [5, 5.41) is 9.36. The van der Waals surface area contributed by atoms with Crippen LogP contribution in [0, 0.1) is 6.92 Å². The maximum Gasteiger partial charge on any atom is 0.314 e. The van der Waals surface area contributed by atoms with Gasteiger partial charge in [-0.2, -0.15) is 4.98 Å². The zero-order valence-electron chi connectivity index (χ0n) is 12.9. The van der Waals surface area contributed by atoms with Crippen molar-refractivity contribution in [2.24, 2.45) is 0 Å². The number of nitrogens with one attached hydrogen (secondary N) is 2. The minimum Gasteiger partial charge on any atom is -0.339 e. The number of aryl methyl sites for hydroxylation is 1. The summed E-state index contributed by atoms with van der Waals surface area (Å²) < 4.78 is 4.98. The largest absolute Gasteiger partial charge is 0.339 e. The molecule has 2 amide bonds. The Morgan fingerprint density at radius 1 is 1.33 bits per heavy atom. The predicted molar refractivity (Wildman–Crippen MR) is 79.0 cm³/mol. The lowest BCUT2D eigenvalue weighted by Gasteiger charge is -2.23. The number of carbonyl (C=O) groups excluding carboxylic acids is 1. The van der Waals surface area contributed by atoms with Gasteiger partial charge in [0.2, 0.25) is 5.89 Å². The standard InChI is InChI=1S/C14H25N5O2/c1-11-17-13(21-18-11)7-8-15-14(20)16-9-10-19(2)12-5-3-4-6-12/h12H,3-10H2,1-2H3,(H2,15,16,20). The van der Waals surface area contributed by atoms with Crippen molar-refractivity contribution in [3.8, 4) is 0 Å². The number of aromatic nitrogens is 2. The highest BCUT2D eigenvalue weighted by atomic mass is 16.5. The Hall–Kier alpha value is -1.63. The average Bonchev–Trinajstić information content (AvgIpc) is 3.10. The van der Waals surface area contributed by atoms with Gasteiger partial charge in [-0.3, -0.25) is 0 Å². The summed E-state index contributed by atoms with van der Waals surface area (Å²) >= 11 is 0. The van der Waals surface area contributed by atoms with Gasteiger partial charge >= 0.3 is 6.03 Å². The van der Waals surface area contributed by atoms with E-state index in [4.69, 9.17) is 4.52 Å². The third-order valence-electron chi connectivity index (χ3n) is 3.89. The van der Waals surface area contributed by atoms with Crippen LogP contribution in [0.4, 0.5) is 4.79 Å². The van der Waals surface area contributed by atoms with E-state index in [0.717, 1.165) is 6.54 Å². The number of nitrogens with zero attached hydrogens (tertiary/aromatic N) is 3. The minimum absolute atomic E-state index is 0.147. The van der Waals surface area contributed by atoms with Crippen LogP contribution in [0.3, 0.4) is 0 Å². The topological polar surface area (TPSA) is 83.3 Å². The van der Waals surface area contributed by atoms with Crippen LogP contribution >= 0.6 is 0 Å². The first-order chi connectivity index (χ1) is 10.1. The van der Waals surface area contributed by atoms with E-state index in [0.29, 0.717) is 37.3 Å². The fraction of sp³-hybridized carbons (Fsp3) is 0.786. The lowest BCUT2D eigenvalue weighted by atomic mass is 10.2. The Labute approximate surface area is 125 Å². The molecule has 118 valence electrons. The van der Waals surface area contributed by atoms with Gasteiger partial charge in [0, 0.05) is 32.1 Å². The fourth-order valence-electron chi connectivity index (χ4n) is 2.66. The Kier molecular flexibility index (Phi) is 5.98. The van der Waals surface area contributed by atoms with Crippen molar-refractivity contribution in [1.82, 2.24) is 25.7 Å². The zero-order chi connectivity index (χ0) is 15.1. The van der Waals surface area contributed by atoms with Crippen LogP contribution in [0.2, 0.25) is 0 Å². The molecule has 1 aliphatic rings. The van der Waals surface area contributed by atoms with Gasteiger partial charge in [-0.05, 0) is 26.8 Å². The van der Waals surface area contributed by atoms with Crippen molar-refractivity contribution in [2.75, 3.05) is 26.7 Å². The Morgan fingerprint density at radius 2 is 2.05 bits per heavy atom. The van der Waals surface area contributed by atoms with E-state index in [1.807, 2.05) is 0 Å². The molecule has 1 aromatic rings. The first kappa shape index (κ1) is 15.8. The molecule has 0 aromatic carbocycles. The summed E-state index contributed by atoms with van der Waals surface area (Å²) in [5.41, 5.74) is 0. The van der Waals surface area contributed by atoms with Crippen LogP contribution in [-0.4, -0.2) is 53.8 Å². The van der Waals surface area contributed by atoms with Crippen molar-refractivity contribution in [1.29, 1.82) is 0 Å². The van der Waals surface area contributed by atoms with Crippen LogP contribution in [0.15, 0.2) is 4.52 Å². The van der Waals surface area contributed by atoms with E-state index in [2.05, 4.69) is 32.7 Å². The number of amides is 2. The third-order valence-corrected chi connectivity index (χ3v) is 3.89. The van der Waals surface area contributed by atoms with E-state index in [9.17, 15) is 4.79 Å². The average molecular weight is 295 g/mol. The van der Waals surface area contributed by atoms with Crippen LogP contribution in [0.5, 0.6) is 0 Å². The molecule has 1 saturated carbocycles. The van der Waals surface area contributed by atoms with Gasteiger partial charge in [-0.25, -0.2) is 4.79 Å². The predicted octanol–water partition coefficient (Wildman–Crippen LogP) is 1.09. The Balaban J connectivity index is 1.53. The van der Waals surface area contributed by atoms with E-state index >= 15 is 0 Å². The third kappa shape index (κ3) is 5.34. The normalized spacial score (nSPS) is 15.6. The van der Waals surface area contributed by atoms with Crippen molar-refractivity contribution in [2.45, 2.75) is 45.1 Å². The molecule has 0 bridgehead atoms. The van der Waals surface area contributed by atoms with E-state index in [-0.39, 0.29) is 6.03 Å².